The smallest absolute Gasteiger partial charge is 0.311 e. The number of amides is 3. The molecule has 1 aliphatic heterocycles. The zero-order chi connectivity index (χ0) is 19.2. The monoisotopic (exact) mass is 375 g/mol. The number of hydrazine groups is 1. The van der Waals surface area contributed by atoms with E-state index in [2.05, 4.69) is 10.9 Å². The minimum absolute atomic E-state index is 0.0103. The lowest BCUT2D eigenvalue weighted by Crippen LogP contribution is -2.43. The van der Waals surface area contributed by atoms with Crippen molar-refractivity contribution >= 4 is 23.7 Å². The van der Waals surface area contributed by atoms with Crippen LogP contribution >= 0.6 is 0 Å². The Morgan fingerprint density at radius 2 is 1.93 bits per heavy atom. The largest absolute Gasteiger partial charge is 0.467 e. The summed E-state index contributed by atoms with van der Waals surface area (Å²) in [6, 6.07) is 6.40. The fourth-order valence-corrected chi connectivity index (χ4v) is 2.56. The van der Waals surface area contributed by atoms with Crippen LogP contribution in [0.25, 0.3) is 0 Å². The molecular weight excluding hydrogens is 358 g/mol. The molecule has 0 aromatic carbocycles. The van der Waals surface area contributed by atoms with E-state index in [1.807, 2.05) is 0 Å². The maximum absolute atomic E-state index is 12.1. The molecule has 0 radical (unpaired) electrons. The van der Waals surface area contributed by atoms with Crippen LogP contribution in [0.4, 0.5) is 0 Å². The summed E-state index contributed by atoms with van der Waals surface area (Å²) in [5.41, 5.74) is 4.22. The number of rotatable bonds is 6. The zero-order valence-electron chi connectivity index (χ0n) is 14.2. The van der Waals surface area contributed by atoms with Crippen LogP contribution in [0.5, 0.6) is 0 Å². The molecule has 10 nitrogen and oxygen atoms in total. The number of nitrogens with one attached hydrogen (secondary N) is 2. The second kappa shape index (κ2) is 8.21. The van der Waals surface area contributed by atoms with Gasteiger partial charge in [0, 0.05) is 13.0 Å². The molecule has 1 fully saturated rings. The number of likely N-dealkylation sites (tertiary alicyclic amines) is 1. The second-order valence-corrected chi connectivity index (χ2v) is 5.84. The number of furan rings is 2. The van der Waals surface area contributed by atoms with E-state index >= 15 is 0 Å². The molecule has 1 aliphatic rings. The molecule has 3 rings (SSSR count). The van der Waals surface area contributed by atoms with Gasteiger partial charge >= 0.3 is 11.9 Å². The Morgan fingerprint density at radius 3 is 2.63 bits per heavy atom. The Balaban J connectivity index is 1.39. The Kier molecular flexibility index (Phi) is 5.55. The summed E-state index contributed by atoms with van der Waals surface area (Å²) in [5.74, 6) is -2.23. The Bertz CT molecular complexity index is 814. The first kappa shape index (κ1) is 18.2. The molecule has 3 amide bonds. The van der Waals surface area contributed by atoms with Crippen molar-refractivity contribution in [1.29, 1.82) is 0 Å². The van der Waals surface area contributed by atoms with E-state index in [4.69, 9.17) is 13.6 Å². The molecule has 1 atom stereocenters. The summed E-state index contributed by atoms with van der Waals surface area (Å²) in [5, 5.41) is 0. The van der Waals surface area contributed by atoms with Crippen molar-refractivity contribution in [1.82, 2.24) is 15.8 Å². The van der Waals surface area contributed by atoms with Gasteiger partial charge in [-0.15, -0.1) is 0 Å². The number of ether oxygens (including phenoxy) is 1. The summed E-state index contributed by atoms with van der Waals surface area (Å²) in [7, 11) is 0. The Hall–Kier alpha value is -3.56. The lowest BCUT2D eigenvalue weighted by molar-refractivity contribution is -0.152. The second-order valence-electron chi connectivity index (χ2n) is 5.84. The molecule has 1 saturated heterocycles. The minimum Gasteiger partial charge on any atom is -0.467 e. The third-order valence-electron chi connectivity index (χ3n) is 3.88. The minimum atomic E-state index is -0.722. The third kappa shape index (κ3) is 4.75. The molecule has 10 heteroatoms. The van der Waals surface area contributed by atoms with Gasteiger partial charge in [-0.1, -0.05) is 0 Å². The molecule has 0 aliphatic carbocycles. The van der Waals surface area contributed by atoms with Crippen molar-refractivity contribution < 1.29 is 32.7 Å². The van der Waals surface area contributed by atoms with Crippen LogP contribution in [-0.2, 0) is 25.7 Å². The normalized spacial score (nSPS) is 16.2. The lowest BCUT2D eigenvalue weighted by atomic mass is 10.1. The van der Waals surface area contributed by atoms with E-state index in [0.29, 0.717) is 5.76 Å². The third-order valence-corrected chi connectivity index (χ3v) is 3.88. The van der Waals surface area contributed by atoms with Crippen LogP contribution in [0.15, 0.2) is 45.6 Å². The molecule has 3 heterocycles. The quantitative estimate of drug-likeness (QED) is 0.545. The van der Waals surface area contributed by atoms with Gasteiger partial charge in [0.05, 0.1) is 25.0 Å². The number of hydrogen-bond acceptors (Lipinski definition) is 7. The van der Waals surface area contributed by atoms with Gasteiger partial charge in [-0.25, -0.2) is 0 Å². The van der Waals surface area contributed by atoms with Crippen molar-refractivity contribution in [3.63, 3.8) is 0 Å². The topological polar surface area (TPSA) is 131 Å². The van der Waals surface area contributed by atoms with Crippen molar-refractivity contribution in [3.8, 4) is 0 Å². The van der Waals surface area contributed by atoms with E-state index in [1.165, 1.54) is 29.6 Å². The van der Waals surface area contributed by atoms with Gasteiger partial charge in [-0.3, -0.25) is 30.0 Å². The van der Waals surface area contributed by atoms with Crippen LogP contribution in [0.2, 0.25) is 0 Å². The number of hydrogen-bond donors (Lipinski definition) is 2. The summed E-state index contributed by atoms with van der Waals surface area (Å²) in [4.78, 5) is 48.8. The summed E-state index contributed by atoms with van der Waals surface area (Å²) >= 11 is 0. The summed E-state index contributed by atoms with van der Waals surface area (Å²) in [6.07, 6.45) is 2.83. The van der Waals surface area contributed by atoms with Gasteiger partial charge in [-0.2, -0.15) is 0 Å². The summed E-state index contributed by atoms with van der Waals surface area (Å²) < 4.78 is 15.0. The number of esters is 1. The maximum atomic E-state index is 12.1. The highest BCUT2D eigenvalue weighted by Gasteiger charge is 2.35. The SMILES string of the molecule is O=C(COC(=O)[C@@H]1CC(=O)N(Cc2ccco2)C1)NNC(=O)c1ccco1. The fourth-order valence-electron chi connectivity index (χ4n) is 2.56. The van der Waals surface area contributed by atoms with Crippen LogP contribution in [0, 0.1) is 5.92 Å². The first-order valence-corrected chi connectivity index (χ1v) is 8.12. The first-order chi connectivity index (χ1) is 13.0. The molecule has 27 heavy (non-hydrogen) atoms. The molecule has 0 spiro atoms. The van der Waals surface area contributed by atoms with E-state index in [9.17, 15) is 19.2 Å². The highest BCUT2D eigenvalue weighted by molar-refractivity contribution is 5.93. The predicted molar refractivity (Wildman–Crippen MR) is 87.5 cm³/mol. The highest BCUT2D eigenvalue weighted by atomic mass is 16.5. The molecule has 0 bridgehead atoms. The number of carbonyl (C=O) groups excluding carboxylic acids is 4. The van der Waals surface area contributed by atoms with Crippen molar-refractivity contribution in [3.05, 3.63) is 48.3 Å². The predicted octanol–water partition coefficient (Wildman–Crippen LogP) is 0.225. The molecule has 0 unspecified atom stereocenters. The van der Waals surface area contributed by atoms with Crippen LogP contribution in [0.1, 0.15) is 22.7 Å². The summed E-state index contributed by atoms with van der Waals surface area (Å²) in [6.45, 7) is -0.121. The molecular formula is C17H17N3O7. The first-order valence-electron chi connectivity index (χ1n) is 8.12. The molecule has 2 aromatic rings. The van der Waals surface area contributed by atoms with Gasteiger partial charge in [0.15, 0.2) is 12.4 Å². The van der Waals surface area contributed by atoms with E-state index in [0.717, 1.165) is 0 Å². The maximum Gasteiger partial charge on any atom is 0.311 e. The average molecular weight is 375 g/mol. The number of carbonyl (C=O) groups is 4. The van der Waals surface area contributed by atoms with Crippen LogP contribution in [0.3, 0.4) is 0 Å². The standard InChI is InChI=1S/C17H17N3O7/c21-14(18-19-16(23)13-4-2-6-26-13)10-27-17(24)11-7-15(22)20(8-11)9-12-3-1-5-25-12/h1-6,11H,7-10H2,(H,18,21)(H,19,23)/t11-/m1/s1. The lowest BCUT2D eigenvalue weighted by Gasteiger charge is -2.14. The molecule has 142 valence electrons. The fraction of sp³-hybridized carbons (Fsp3) is 0.294. The zero-order valence-corrected chi connectivity index (χ0v) is 14.2. The van der Waals surface area contributed by atoms with Gasteiger partial charge in [0.1, 0.15) is 5.76 Å². The van der Waals surface area contributed by atoms with E-state index < -0.39 is 30.3 Å². The number of nitrogens with zero attached hydrogens (tertiary/aromatic N) is 1. The van der Waals surface area contributed by atoms with Crippen molar-refractivity contribution in [2.45, 2.75) is 13.0 Å². The Labute approximate surface area is 153 Å². The van der Waals surface area contributed by atoms with E-state index in [1.54, 1.807) is 12.1 Å². The van der Waals surface area contributed by atoms with E-state index in [-0.39, 0.29) is 31.2 Å². The van der Waals surface area contributed by atoms with Crippen molar-refractivity contribution in [2.75, 3.05) is 13.2 Å². The Morgan fingerprint density at radius 1 is 1.15 bits per heavy atom. The van der Waals surface area contributed by atoms with Crippen LogP contribution < -0.4 is 10.9 Å². The van der Waals surface area contributed by atoms with Gasteiger partial charge < -0.3 is 18.5 Å². The highest BCUT2D eigenvalue weighted by Crippen LogP contribution is 2.21. The average Bonchev–Trinajstić information content (AvgIpc) is 3.41. The molecule has 2 N–H and O–H groups in total. The molecule has 2 aromatic heterocycles. The van der Waals surface area contributed by atoms with Crippen molar-refractivity contribution in [2.24, 2.45) is 5.92 Å². The van der Waals surface area contributed by atoms with Crippen LogP contribution in [-0.4, -0.2) is 41.7 Å². The molecule has 0 saturated carbocycles. The van der Waals surface area contributed by atoms with Gasteiger partial charge in [-0.05, 0) is 24.3 Å². The van der Waals surface area contributed by atoms with Gasteiger partial charge in [0.25, 0.3) is 5.91 Å². The van der Waals surface area contributed by atoms with Gasteiger partial charge in [0.2, 0.25) is 5.91 Å².